The molecule has 9 nitrogen and oxygen atoms in total. The van der Waals surface area contributed by atoms with Crippen molar-refractivity contribution in [3.05, 3.63) is 48.6 Å². The van der Waals surface area contributed by atoms with Gasteiger partial charge in [0.1, 0.15) is 6.61 Å². The minimum Gasteiger partial charge on any atom is -0.462 e. The smallest absolute Gasteiger partial charge is 0.462 e. The van der Waals surface area contributed by atoms with E-state index in [0.717, 1.165) is 57.8 Å². The second kappa shape index (κ2) is 57.3. The minimum atomic E-state index is -4.40. The molecule has 0 aromatic heterocycles. The normalized spacial score (nSPS) is 13.4. The third kappa shape index (κ3) is 57.1. The van der Waals surface area contributed by atoms with E-state index in [1.807, 2.05) is 0 Å². The Balaban J connectivity index is 3.80. The third-order valence-electron chi connectivity index (χ3n) is 13.2. The predicted molar refractivity (Wildman–Crippen MR) is 303 cm³/mol. The van der Waals surface area contributed by atoms with Crippen molar-refractivity contribution in [2.24, 2.45) is 5.73 Å². The molecule has 0 aromatic carbocycles. The predicted octanol–water partition coefficient (Wildman–Crippen LogP) is 19.0. The maximum atomic E-state index is 12.6. The van der Waals surface area contributed by atoms with Gasteiger partial charge in [0, 0.05) is 19.4 Å². The molecule has 0 bridgehead atoms. The first-order chi connectivity index (χ1) is 34.8. The van der Waals surface area contributed by atoms with Crippen molar-refractivity contribution in [1.29, 1.82) is 0 Å². The van der Waals surface area contributed by atoms with Gasteiger partial charge < -0.3 is 20.1 Å². The van der Waals surface area contributed by atoms with Gasteiger partial charge in [0.2, 0.25) is 0 Å². The van der Waals surface area contributed by atoms with Crippen LogP contribution in [-0.4, -0.2) is 49.3 Å². The van der Waals surface area contributed by atoms with Gasteiger partial charge in [0.15, 0.2) is 6.10 Å². The van der Waals surface area contributed by atoms with Gasteiger partial charge in [-0.1, -0.05) is 281 Å². The summed E-state index contributed by atoms with van der Waals surface area (Å²) in [7, 11) is -4.40. The molecule has 0 aromatic rings. The SMILES string of the molecule is CC/C=C\C/C=C\C/C=C\C/C=C\CCCCC(=O)OC(COC(=O)CCCCCCCCCCCCCCCCCCCCCCCCCCCCCCCCCCCCC)COP(=O)(O)OCCN. The molecule has 0 spiro atoms. The average molecular weight is 1020 g/mol. The summed E-state index contributed by atoms with van der Waals surface area (Å²) in [4.78, 5) is 35.1. The second-order valence-corrected chi connectivity index (χ2v) is 21.7. The standard InChI is InChI=1S/C61H114NO8P/c1-3-5-7-9-11-13-15-17-19-20-21-22-23-24-25-26-27-28-29-30-31-32-33-34-35-36-37-38-40-41-43-45-47-49-51-53-60(63)67-57-59(58-69-71(65,66)68-56-55-62)70-61(64)54-52-50-48-46-44-42-39-18-16-14-12-10-8-6-4-2/h6,8,12,14,18,39,44,46,59H,3-5,7,9-11,13,15-17,19-38,40-43,45,47-58,62H2,1-2H3,(H,65,66)/b8-6-,14-12-,39-18-,46-44-. The number of carbonyl (C=O) groups excluding carboxylic acids is 2. The number of ether oxygens (including phenoxy) is 2. The molecule has 71 heavy (non-hydrogen) atoms. The highest BCUT2D eigenvalue weighted by atomic mass is 31.2. The minimum absolute atomic E-state index is 0.0463. The number of rotatable bonds is 57. The van der Waals surface area contributed by atoms with E-state index >= 15 is 0 Å². The van der Waals surface area contributed by atoms with E-state index in [4.69, 9.17) is 24.3 Å². The number of unbranched alkanes of at least 4 members (excludes halogenated alkanes) is 36. The summed E-state index contributed by atoms with van der Waals surface area (Å²) < 4.78 is 32.9. The molecule has 2 atom stereocenters. The number of hydrogen-bond acceptors (Lipinski definition) is 8. The van der Waals surface area contributed by atoms with Gasteiger partial charge in [-0.15, -0.1) is 0 Å². The van der Waals surface area contributed by atoms with E-state index < -0.39 is 26.5 Å². The van der Waals surface area contributed by atoms with Crippen LogP contribution in [0.5, 0.6) is 0 Å². The highest BCUT2D eigenvalue weighted by molar-refractivity contribution is 7.47. The molecule has 0 saturated heterocycles. The Labute approximate surface area is 438 Å². The highest BCUT2D eigenvalue weighted by Crippen LogP contribution is 2.43. The lowest BCUT2D eigenvalue weighted by atomic mass is 10.0. The fourth-order valence-corrected chi connectivity index (χ4v) is 9.57. The summed E-state index contributed by atoms with van der Waals surface area (Å²) in [5, 5.41) is 0. The van der Waals surface area contributed by atoms with Crippen LogP contribution in [0.4, 0.5) is 0 Å². The Morgan fingerprint density at radius 3 is 1.15 bits per heavy atom. The lowest BCUT2D eigenvalue weighted by Crippen LogP contribution is -2.29. The fraction of sp³-hybridized carbons (Fsp3) is 0.836. The maximum Gasteiger partial charge on any atom is 0.472 e. The van der Waals surface area contributed by atoms with Crippen LogP contribution in [0.3, 0.4) is 0 Å². The van der Waals surface area contributed by atoms with Crippen LogP contribution in [0.1, 0.15) is 296 Å². The van der Waals surface area contributed by atoms with Crippen molar-refractivity contribution in [2.45, 2.75) is 302 Å². The summed E-state index contributed by atoms with van der Waals surface area (Å²) in [5.74, 6) is -0.867. The first-order valence-electron chi connectivity index (χ1n) is 30.1. The van der Waals surface area contributed by atoms with Gasteiger partial charge in [-0.25, -0.2) is 4.57 Å². The zero-order valence-corrected chi connectivity index (χ0v) is 47.4. The Bertz CT molecular complexity index is 1300. The van der Waals surface area contributed by atoms with Crippen molar-refractivity contribution in [2.75, 3.05) is 26.4 Å². The molecule has 416 valence electrons. The van der Waals surface area contributed by atoms with Gasteiger partial charge in [0.05, 0.1) is 13.2 Å². The third-order valence-corrected chi connectivity index (χ3v) is 14.2. The Morgan fingerprint density at radius 2 is 0.775 bits per heavy atom. The summed E-state index contributed by atoms with van der Waals surface area (Å²) in [6.07, 6.45) is 70.8. The molecule has 0 amide bonds. The Hall–Kier alpha value is -2.03. The van der Waals surface area contributed by atoms with Crippen LogP contribution >= 0.6 is 7.82 Å². The molecular formula is C61H114NO8P. The molecule has 3 N–H and O–H groups in total. The van der Waals surface area contributed by atoms with Crippen molar-refractivity contribution in [3.8, 4) is 0 Å². The summed E-state index contributed by atoms with van der Waals surface area (Å²) >= 11 is 0. The molecule has 0 fully saturated rings. The number of allylic oxidation sites excluding steroid dienone is 8. The molecule has 0 radical (unpaired) electrons. The Kier molecular flexibility index (Phi) is 55.6. The van der Waals surface area contributed by atoms with Gasteiger partial charge >= 0.3 is 19.8 Å². The molecule has 0 saturated carbocycles. The van der Waals surface area contributed by atoms with Crippen LogP contribution in [0.2, 0.25) is 0 Å². The van der Waals surface area contributed by atoms with E-state index in [9.17, 15) is 19.0 Å². The number of carbonyl (C=O) groups is 2. The van der Waals surface area contributed by atoms with Crippen LogP contribution in [-0.2, 0) is 32.7 Å². The van der Waals surface area contributed by atoms with E-state index in [-0.39, 0.29) is 38.6 Å². The lowest BCUT2D eigenvalue weighted by Gasteiger charge is -2.19. The van der Waals surface area contributed by atoms with E-state index in [2.05, 4.69) is 62.5 Å². The van der Waals surface area contributed by atoms with Gasteiger partial charge in [-0.3, -0.25) is 18.6 Å². The van der Waals surface area contributed by atoms with Crippen molar-refractivity contribution in [1.82, 2.24) is 0 Å². The molecule has 0 aliphatic rings. The molecule has 0 heterocycles. The van der Waals surface area contributed by atoms with Crippen LogP contribution in [0.15, 0.2) is 48.6 Å². The number of nitrogens with two attached hydrogens (primary N) is 1. The summed E-state index contributed by atoms with van der Waals surface area (Å²) in [6, 6.07) is 0. The average Bonchev–Trinajstić information content (AvgIpc) is 3.36. The van der Waals surface area contributed by atoms with E-state index in [0.29, 0.717) is 6.42 Å². The number of phosphoric acid groups is 1. The van der Waals surface area contributed by atoms with E-state index in [1.165, 1.54) is 205 Å². The first-order valence-corrected chi connectivity index (χ1v) is 31.6. The fourth-order valence-electron chi connectivity index (χ4n) is 8.81. The van der Waals surface area contributed by atoms with Crippen molar-refractivity contribution in [3.63, 3.8) is 0 Å². The number of esters is 2. The molecular weight excluding hydrogens is 906 g/mol. The summed E-state index contributed by atoms with van der Waals surface area (Å²) in [5.41, 5.74) is 5.37. The molecule has 0 aliphatic heterocycles. The Morgan fingerprint density at radius 1 is 0.437 bits per heavy atom. The molecule has 10 heteroatoms. The van der Waals surface area contributed by atoms with Crippen molar-refractivity contribution < 1.29 is 37.6 Å². The summed E-state index contributed by atoms with van der Waals surface area (Å²) in [6.45, 7) is 3.61. The van der Waals surface area contributed by atoms with Crippen LogP contribution < -0.4 is 5.73 Å². The van der Waals surface area contributed by atoms with Crippen molar-refractivity contribution >= 4 is 19.8 Å². The van der Waals surface area contributed by atoms with Crippen LogP contribution in [0.25, 0.3) is 0 Å². The highest BCUT2D eigenvalue weighted by Gasteiger charge is 2.26. The number of hydrogen-bond donors (Lipinski definition) is 2. The largest absolute Gasteiger partial charge is 0.472 e. The van der Waals surface area contributed by atoms with Gasteiger partial charge in [-0.05, 0) is 51.4 Å². The quantitative estimate of drug-likeness (QED) is 0.0264. The molecule has 0 aliphatic carbocycles. The van der Waals surface area contributed by atoms with Crippen LogP contribution in [0, 0.1) is 0 Å². The lowest BCUT2D eigenvalue weighted by molar-refractivity contribution is -0.161. The maximum absolute atomic E-state index is 12.6. The van der Waals surface area contributed by atoms with Gasteiger partial charge in [0.25, 0.3) is 0 Å². The first kappa shape index (κ1) is 69.0. The molecule has 2 unspecified atom stereocenters. The number of phosphoric ester groups is 1. The second-order valence-electron chi connectivity index (χ2n) is 20.2. The van der Waals surface area contributed by atoms with E-state index in [1.54, 1.807) is 0 Å². The van der Waals surface area contributed by atoms with Gasteiger partial charge in [-0.2, -0.15) is 0 Å². The zero-order valence-electron chi connectivity index (χ0n) is 46.5. The molecule has 0 rings (SSSR count). The topological polar surface area (TPSA) is 134 Å². The zero-order chi connectivity index (χ0) is 51.7. The monoisotopic (exact) mass is 1020 g/mol.